The summed E-state index contributed by atoms with van der Waals surface area (Å²) >= 11 is 0. The molecule has 0 aliphatic carbocycles. The largest absolute Gasteiger partial charge is 0.377 e. The second-order valence-electron chi connectivity index (χ2n) is 4.84. The topological polar surface area (TPSA) is 55.6 Å². The minimum atomic E-state index is -0.306. The first-order chi connectivity index (χ1) is 9.20. The maximum atomic E-state index is 11.0. The quantitative estimate of drug-likeness (QED) is 0.606. The fourth-order valence-corrected chi connectivity index (χ4v) is 2.59. The smallest absolute Gasteiger partial charge is 0.273 e. The predicted octanol–water partition coefficient (Wildman–Crippen LogP) is 2.60. The number of nitro benzene ring substituents is 1. The highest BCUT2D eigenvalue weighted by molar-refractivity contribution is 5.39. The van der Waals surface area contributed by atoms with Gasteiger partial charge in [0.25, 0.3) is 5.69 Å². The van der Waals surface area contributed by atoms with Crippen LogP contribution in [0, 0.1) is 10.1 Å². The first kappa shape index (κ1) is 14.0. The van der Waals surface area contributed by atoms with E-state index in [0.717, 1.165) is 38.1 Å². The number of ether oxygens (including phenoxy) is 1. The zero-order chi connectivity index (χ0) is 13.7. The van der Waals surface area contributed by atoms with Gasteiger partial charge in [0, 0.05) is 31.3 Å². The molecule has 0 radical (unpaired) electrons. The predicted molar refractivity (Wildman–Crippen MR) is 73.0 cm³/mol. The van der Waals surface area contributed by atoms with Crippen molar-refractivity contribution in [2.75, 3.05) is 19.7 Å². The molecule has 1 fully saturated rings. The monoisotopic (exact) mass is 264 g/mol. The molecule has 5 nitrogen and oxygen atoms in total. The van der Waals surface area contributed by atoms with Gasteiger partial charge in [0.05, 0.1) is 11.0 Å². The fourth-order valence-electron chi connectivity index (χ4n) is 2.59. The van der Waals surface area contributed by atoms with Gasteiger partial charge < -0.3 is 4.74 Å². The van der Waals surface area contributed by atoms with E-state index in [1.165, 1.54) is 0 Å². The van der Waals surface area contributed by atoms with E-state index in [9.17, 15) is 10.1 Å². The molecule has 0 aromatic heterocycles. The third-order valence-electron chi connectivity index (χ3n) is 3.45. The number of para-hydroxylation sites is 1. The molecule has 1 aliphatic rings. The van der Waals surface area contributed by atoms with Gasteiger partial charge in [-0.1, -0.05) is 18.2 Å². The Morgan fingerprint density at radius 1 is 1.47 bits per heavy atom. The van der Waals surface area contributed by atoms with Crippen LogP contribution >= 0.6 is 0 Å². The van der Waals surface area contributed by atoms with E-state index in [2.05, 4.69) is 4.90 Å². The van der Waals surface area contributed by atoms with E-state index in [-0.39, 0.29) is 16.7 Å². The van der Waals surface area contributed by atoms with Crippen LogP contribution in [0.2, 0.25) is 0 Å². The van der Waals surface area contributed by atoms with Crippen LogP contribution in [0.3, 0.4) is 0 Å². The zero-order valence-corrected chi connectivity index (χ0v) is 11.2. The average molecular weight is 264 g/mol. The lowest BCUT2D eigenvalue weighted by molar-refractivity contribution is -0.385. The number of nitrogens with zero attached hydrogens (tertiary/aromatic N) is 2. The van der Waals surface area contributed by atoms with Crippen molar-refractivity contribution in [2.45, 2.75) is 32.4 Å². The van der Waals surface area contributed by atoms with E-state index in [1.54, 1.807) is 12.1 Å². The van der Waals surface area contributed by atoms with Crippen molar-refractivity contribution in [3.8, 4) is 0 Å². The van der Waals surface area contributed by atoms with Gasteiger partial charge in [-0.25, -0.2) is 0 Å². The van der Waals surface area contributed by atoms with E-state index in [0.29, 0.717) is 6.54 Å². The Morgan fingerprint density at radius 2 is 2.26 bits per heavy atom. The third kappa shape index (κ3) is 3.75. The molecule has 0 saturated carbocycles. The summed E-state index contributed by atoms with van der Waals surface area (Å²) in [5, 5.41) is 11.0. The van der Waals surface area contributed by atoms with Crippen molar-refractivity contribution >= 4 is 5.69 Å². The molecule has 2 rings (SSSR count). The van der Waals surface area contributed by atoms with Crippen LogP contribution in [-0.4, -0.2) is 35.6 Å². The highest BCUT2D eigenvalue weighted by atomic mass is 16.6. The summed E-state index contributed by atoms with van der Waals surface area (Å²) in [5.74, 6) is 0. The highest BCUT2D eigenvalue weighted by Crippen LogP contribution is 2.22. The molecule has 0 spiro atoms. The number of rotatable bonds is 5. The summed E-state index contributed by atoms with van der Waals surface area (Å²) in [4.78, 5) is 12.9. The molecular weight excluding hydrogens is 244 g/mol. The van der Waals surface area contributed by atoms with Gasteiger partial charge in [0.2, 0.25) is 0 Å². The Labute approximate surface area is 113 Å². The second kappa shape index (κ2) is 6.63. The van der Waals surface area contributed by atoms with Crippen molar-refractivity contribution in [1.29, 1.82) is 0 Å². The minimum Gasteiger partial charge on any atom is -0.377 e. The summed E-state index contributed by atoms with van der Waals surface area (Å²) in [6.45, 7) is 5.20. The lowest BCUT2D eigenvalue weighted by Gasteiger charge is -2.32. The Morgan fingerprint density at radius 3 is 3.00 bits per heavy atom. The standard InChI is InChI=1S/C14H20N2O3/c1-2-19-13-7-5-9-15(11-13)10-12-6-3-4-8-14(12)16(17)18/h3-4,6,8,13H,2,5,7,9-11H2,1H3/t13-/m1/s1. The number of nitro groups is 1. The Hall–Kier alpha value is -1.46. The van der Waals surface area contributed by atoms with Gasteiger partial charge in [-0.15, -0.1) is 0 Å². The highest BCUT2D eigenvalue weighted by Gasteiger charge is 2.22. The molecule has 5 heteroatoms. The molecule has 0 bridgehead atoms. The van der Waals surface area contributed by atoms with E-state index in [1.807, 2.05) is 19.1 Å². The van der Waals surface area contributed by atoms with E-state index >= 15 is 0 Å². The molecule has 1 aliphatic heterocycles. The molecular formula is C14H20N2O3. The van der Waals surface area contributed by atoms with E-state index < -0.39 is 0 Å². The molecule has 104 valence electrons. The third-order valence-corrected chi connectivity index (χ3v) is 3.45. The molecule has 1 aromatic carbocycles. The number of piperidine rings is 1. The maximum Gasteiger partial charge on any atom is 0.273 e. The van der Waals surface area contributed by atoms with Crippen LogP contribution in [0.5, 0.6) is 0 Å². The molecule has 19 heavy (non-hydrogen) atoms. The number of likely N-dealkylation sites (tertiary alicyclic amines) is 1. The Kier molecular flexibility index (Phi) is 4.87. The molecule has 0 N–H and O–H groups in total. The van der Waals surface area contributed by atoms with Gasteiger partial charge >= 0.3 is 0 Å². The van der Waals surface area contributed by atoms with Gasteiger partial charge in [0.1, 0.15) is 0 Å². The average Bonchev–Trinajstić information content (AvgIpc) is 2.40. The summed E-state index contributed by atoms with van der Waals surface area (Å²) in [5.41, 5.74) is 0.991. The van der Waals surface area contributed by atoms with Crippen LogP contribution in [0.15, 0.2) is 24.3 Å². The summed E-state index contributed by atoms with van der Waals surface area (Å²) in [6, 6.07) is 6.97. The number of hydrogen-bond donors (Lipinski definition) is 0. The second-order valence-corrected chi connectivity index (χ2v) is 4.84. The maximum absolute atomic E-state index is 11.0. The van der Waals surface area contributed by atoms with Gasteiger partial charge in [-0.3, -0.25) is 15.0 Å². The lowest BCUT2D eigenvalue weighted by atomic mass is 10.1. The Bertz CT molecular complexity index is 434. The molecule has 1 saturated heterocycles. The molecule has 1 atom stereocenters. The number of benzene rings is 1. The van der Waals surface area contributed by atoms with Crippen molar-refractivity contribution in [2.24, 2.45) is 0 Å². The summed E-state index contributed by atoms with van der Waals surface area (Å²) in [6.07, 6.45) is 2.44. The zero-order valence-electron chi connectivity index (χ0n) is 11.2. The SMILES string of the molecule is CCO[C@@H]1CCCN(Cc2ccccc2[N+](=O)[O-])C1. The summed E-state index contributed by atoms with van der Waals surface area (Å²) in [7, 11) is 0. The summed E-state index contributed by atoms with van der Waals surface area (Å²) < 4.78 is 5.65. The van der Waals surface area contributed by atoms with Crippen LogP contribution in [0.25, 0.3) is 0 Å². The van der Waals surface area contributed by atoms with Crippen LogP contribution < -0.4 is 0 Å². The van der Waals surface area contributed by atoms with Gasteiger partial charge in [-0.05, 0) is 26.3 Å². The Balaban J connectivity index is 2.02. The van der Waals surface area contributed by atoms with Crippen molar-refractivity contribution in [3.05, 3.63) is 39.9 Å². The van der Waals surface area contributed by atoms with E-state index in [4.69, 9.17) is 4.74 Å². The molecule has 1 aromatic rings. The minimum absolute atomic E-state index is 0.209. The van der Waals surface area contributed by atoms with Gasteiger partial charge in [0.15, 0.2) is 0 Å². The van der Waals surface area contributed by atoms with Crippen LogP contribution in [-0.2, 0) is 11.3 Å². The first-order valence-electron chi connectivity index (χ1n) is 6.77. The molecule has 0 unspecified atom stereocenters. The fraction of sp³-hybridized carbons (Fsp3) is 0.571. The van der Waals surface area contributed by atoms with Gasteiger partial charge in [-0.2, -0.15) is 0 Å². The van der Waals surface area contributed by atoms with Crippen molar-refractivity contribution in [3.63, 3.8) is 0 Å². The molecule has 0 amide bonds. The number of hydrogen-bond acceptors (Lipinski definition) is 4. The molecule has 1 heterocycles. The van der Waals surface area contributed by atoms with Crippen molar-refractivity contribution in [1.82, 2.24) is 4.90 Å². The van der Waals surface area contributed by atoms with Crippen LogP contribution in [0.1, 0.15) is 25.3 Å². The van der Waals surface area contributed by atoms with Crippen LogP contribution in [0.4, 0.5) is 5.69 Å². The first-order valence-corrected chi connectivity index (χ1v) is 6.77. The lowest BCUT2D eigenvalue weighted by Crippen LogP contribution is -2.39. The van der Waals surface area contributed by atoms with Crippen molar-refractivity contribution < 1.29 is 9.66 Å². The normalized spacial score (nSPS) is 20.4.